The molecule has 7 heteroatoms. The molecular formula is C17H17N3O4. The third-order valence-corrected chi connectivity index (χ3v) is 4.27. The summed E-state index contributed by atoms with van der Waals surface area (Å²) >= 11 is 0. The summed E-state index contributed by atoms with van der Waals surface area (Å²) in [7, 11) is 0. The second-order valence-electron chi connectivity index (χ2n) is 5.78. The van der Waals surface area contributed by atoms with Gasteiger partial charge in [-0.05, 0) is 31.4 Å². The molecule has 0 aromatic carbocycles. The van der Waals surface area contributed by atoms with Crippen LogP contribution in [0.1, 0.15) is 47.7 Å². The Morgan fingerprint density at radius 3 is 2.96 bits per heavy atom. The van der Waals surface area contributed by atoms with Crippen LogP contribution in [0.3, 0.4) is 0 Å². The number of aromatic nitrogens is 2. The Morgan fingerprint density at radius 2 is 2.21 bits per heavy atom. The van der Waals surface area contributed by atoms with Gasteiger partial charge in [-0.1, -0.05) is 17.2 Å². The van der Waals surface area contributed by atoms with Gasteiger partial charge in [0.05, 0.1) is 18.0 Å². The largest absolute Gasteiger partial charge is 0.461 e. The molecule has 1 fully saturated rings. The van der Waals surface area contributed by atoms with Crippen molar-refractivity contribution in [2.24, 2.45) is 0 Å². The minimum atomic E-state index is -0.173. The molecule has 7 nitrogen and oxygen atoms in total. The van der Waals surface area contributed by atoms with E-state index < -0.39 is 0 Å². The summed E-state index contributed by atoms with van der Waals surface area (Å²) in [5, 5.41) is 7.92. The predicted octanol–water partition coefficient (Wildman–Crippen LogP) is 3.46. The van der Waals surface area contributed by atoms with Crippen molar-refractivity contribution >= 4 is 5.91 Å². The molecule has 0 aliphatic carbocycles. The number of amides is 1. The van der Waals surface area contributed by atoms with Gasteiger partial charge in [-0.25, -0.2) is 0 Å². The van der Waals surface area contributed by atoms with Crippen LogP contribution in [0.5, 0.6) is 0 Å². The zero-order valence-electron chi connectivity index (χ0n) is 13.3. The van der Waals surface area contributed by atoms with Crippen molar-refractivity contribution in [1.82, 2.24) is 15.2 Å². The zero-order chi connectivity index (χ0) is 16.5. The van der Waals surface area contributed by atoms with Gasteiger partial charge in [0.2, 0.25) is 5.76 Å². The van der Waals surface area contributed by atoms with E-state index in [9.17, 15) is 4.79 Å². The van der Waals surface area contributed by atoms with Gasteiger partial charge in [-0.3, -0.25) is 4.79 Å². The Labute approximate surface area is 138 Å². The number of carbonyl (C=O) groups is 1. The maximum absolute atomic E-state index is 12.8. The smallest absolute Gasteiger partial charge is 0.276 e. The van der Waals surface area contributed by atoms with Crippen LogP contribution in [0.2, 0.25) is 0 Å². The zero-order valence-corrected chi connectivity index (χ0v) is 13.3. The van der Waals surface area contributed by atoms with Gasteiger partial charge in [0.25, 0.3) is 5.91 Å². The van der Waals surface area contributed by atoms with Crippen LogP contribution in [-0.2, 0) is 6.42 Å². The van der Waals surface area contributed by atoms with E-state index in [1.807, 2.05) is 13.0 Å². The number of nitrogens with zero attached hydrogens (tertiary/aromatic N) is 3. The minimum Gasteiger partial charge on any atom is -0.461 e. The monoisotopic (exact) mass is 327 g/mol. The molecule has 24 heavy (non-hydrogen) atoms. The summed E-state index contributed by atoms with van der Waals surface area (Å²) in [5.74, 6) is 1.54. The number of hydrogen-bond donors (Lipinski definition) is 0. The first-order chi connectivity index (χ1) is 11.8. The molecule has 3 aromatic heterocycles. The molecule has 4 rings (SSSR count). The normalized spacial score (nSPS) is 17.5. The van der Waals surface area contributed by atoms with Crippen molar-refractivity contribution in [3.8, 4) is 11.5 Å². The Bertz CT molecular complexity index is 834. The average Bonchev–Trinajstić information content (AvgIpc) is 3.41. The molecule has 0 bridgehead atoms. The van der Waals surface area contributed by atoms with Crippen LogP contribution in [0.4, 0.5) is 0 Å². The fourth-order valence-electron chi connectivity index (χ4n) is 3.02. The van der Waals surface area contributed by atoms with Crippen molar-refractivity contribution in [2.75, 3.05) is 6.54 Å². The van der Waals surface area contributed by atoms with Gasteiger partial charge in [0, 0.05) is 18.7 Å². The van der Waals surface area contributed by atoms with E-state index in [0.29, 0.717) is 18.1 Å². The lowest BCUT2D eigenvalue weighted by molar-refractivity contribution is 0.0704. The van der Waals surface area contributed by atoms with Crippen molar-refractivity contribution in [1.29, 1.82) is 0 Å². The van der Waals surface area contributed by atoms with E-state index >= 15 is 0 Å². The van der Waals surface area contributed by atoms with Gasteiger partial charge in [-0.15, -0.1) is 0 Å². The lowest BCUT2D eigenvalue weighted by Gasteiger charge is -2.21. The molecule has 0 N–H and O–H groups in total. The summed E-state index contributed by atoms with van der Waals surface area (Å²) in [6.07, 6.45) is 4.12. The molecule has 0 spiro atoms. The van der Waals surface area contributed by atoms with Gasteiger partial charge in [0.1, 0.15) is 0 Å². The SMILES string of the molecule is CCc1cc(C2CCCN2C(=O)c2cc(-c3ccco3)on2)on1. The van der Waals surface area contributed by atoms with Crippen LogP contribution in [0.25, 0.3) is 11.5 Å². The van der Waals surface area contributed by atoms with E-state index in [-0.39, 0.29) is 17.6 Å². The van der Waals surface area contributed by atoms with E-state index in [2.05, 4.69) is 10.3 Å². The van der Waals surface area contributed by atoms with E-state index in [1.165, 1.54) is 0 Å². The standard InChI is InChI=1S/C17H17N3O4/c1-2-11-9-15(23-18-11)13-5-3-7-20(13)17(21)12-10-16(24-19-12)14-6-4-8-22-14/h4,6,8-10,13H,2-3,5,7H2,1H3. The number of rotatable bonds is 4. The number of aryl methyl sites for hydroxylation is 1. The molecule has 4 heterocycles. The Hall–Kier alpha value is -2.83. The second kappa shape index (κ2) is 5.99. The Kier molecular flexibility index (Phi) is 3.68. The van der Waals surface area contributed by atoms with E-state index in [1.54, 1.807) is 29.4 Å². The summed E-state index contributed by atoms with van der Waals surface area (Å²) in [5.41, 5.74) is 1.16. The molecule has 1 unspecified atom stereocenters. The third kappa shape index (κ3) is 2.51. The molecule has 1 saturated heterocycles. The second-order valence-corrected chi connectivity index (χ2v) is 5.78. The van der Waals surface area contributed by atoms with Crippen LogP contribution in [-0.4, -0.2) is 27.7 Å². The number of furan rings is 1. The first-order valence-corrected chi connectivity index (χ1v) is 8.03. The maximum Gasteiger partial charge on any atom is 0.276 e. The number of likely N-dealkylation sites (tertiary alicyclic amines) is 1. The molecular weight excluding hydrogens is 310 g/mol. The third-order valence-electron chi connectivity index (χ3n) is 4.27. The van der Waals surface area contributed by atoms with Crippen LogP contribution in [0.15, 0.2) is 44.0 Å². The average molecular weight is 327 g/mol. The molecule has 0 saturated carbocycles. The Morgan fingerprint density at radius 1 is 1.29 bits per heavy atom. The lowest BCUT2D eigenvalue weighted by Crippen LogP contribution is -2.30. The highest BCUT2D eigenvalue weighted by molar-refractivity contribution is 5.93. The van der Waals surface area contributed by atoms with Gasteiger partial charge >= 0.3 is 0 Å². The van der Waals surface area contributed by atoms with Crippen molar-refractivity contribution in [3.05, 3.63) is 47.7 Å². The highest BCUT2D eigenvalue weighted by Gasteiger charge is 2.34. The first kappa shape index (κ1) is 14.7. The fourth-order valence-corrected chi connectivity index (χ4v) is 3.02. The van der Waals surface area contributed by atoms with Crippen molar-refractivity contribution in [2.45, 2.75) is 32.2 Å². The molecule has 1 atom stereocenters. The van der Waals surface area contributed by atoms with Crippen LogP contribution < -0.4 is 0 Å². The van der Waals surface area contributed by atoms with Gasteiger partial charge < -0.3 is 18.4 Å². The van der Waals surface area contributed by atoms with Gasteiger partial charge in [0.15, 0.2) is 17.2 Å². The molecule has 1 aliphatic rings. The lowest BCUT2D eigenvalue weighted by atomic mass is 10.1. The Balaban J connectivity index is 1.57. The first-order valence-electron chi connectivity index (χ1n) is 8.03. The number of carbonyl (C=O) groups excluding carboxylic acids is 1. The highest BCUT2D eigenvalue weighted by Crippen LogP contribution is 2.34. The maximum atomic E-state index is 12.8. The molecule has 124 valence electrons. The minimum absolute atomic E-state index is 0.103. The van der Waals surface area contributed by atoms with Crippen LogP contribution >= 0.6 is 0 Å². The predicted molar refractivity (Wildman–Crippen MR) is 83.1 cm³/mol. The van der Waals surface area contributed by atoms with Crippen molar-refractivity contribution < 1.29 is 18.3 Å². The summed E-state index contributed by atoms with van der Waals surface area (Å²) in [4.78, 5) is 14.6. The summed E-state index contributed by atoms with van der Waals surface area (Å²) in [6, 6.07) is 6.94. The van der Waals surface area contributed by atoms with Crippen molar-refractivity contribution in [3.63, 3.8) is 0 Å². The number of hydrogen-bond acceptors (Lipinski definition) is 6. The summed E-state index contributed by atoms with van der Waals surface area (Å²) < 4.78 is 15.9. The quantitative estimate of drug-likeness (QED) is 0.729. The van der Waals surface area contributed by atoms with E-state index in [0.717, 1.165) is 30.7 Å². The molecule has 1 amide bonds. The van der Waals surface area contributed by atoms with Crippen LogP contribution in [0, 0.1) is 0 Å². The topological polar surface area (TPSA) is 85.5 Å². The molecule has 0 radical (unpaired) electrons. The highest BCUT2D eigenvalue weighted by atomic mass is 16.5. The van der Waals surface area contributed by atoms with E-state index in [4.69, 9.17) is 13.5 Å². The molecule has 3 aromatic rings. The summed E-state index contributed by atoms with van der Waals surface area (Å²) in [6.45, 7) is 2.68. The van der Waals surface area contributed by atoms with Gasteiger partial charge in [-0.2, -0.15) is 0 Å². The molecule has 1 aliphatic heterocycles. The fraction of sp³-hybridized carbons (Fsp3) is 0.353.